The van der Waals surface area contributed by atoms with Gasteiger partial charge in [0.1, 0.15) is 0 Å². The monoisotopic (exact) mass is 288 g/mol. The van der Waals surface area contributed by atoms with E-state index in [0.717, 1.165) is 31.7 Å². The standard InChI is InChI=1S/C14H19F3N2O/c15-14(16,17)11-7-10(5-6-12(11)18)19-13-4-2-1-3-9(13)8-20/h5-7,9,13,19-20H,1-4,8,18H2. The fraction of sp³-hybridized carbons (Fsp3) is 0.571. The molecule has 0 saturated heterocycles. The van der Waals surface area contributed by atoms with E-state index in [-0.39, 0.29) is 24.3 Å². The number of nitrogens with two attached hydrogens (primary N) is 1. The van der Waals surface area contributed by atoms with Gasteiger partial charge in [0.25, 0.3) is 0 Å². The highest BCUT2D eigenvalue weighted by Crippen LogP contribution is 2.36. The van der Waals surface area contributed by atoms with Gasteiger partial charge in [-0.05, 0) is 31.0 Å². The summed E-state index contributed by atoms with van der Waals surface area (Å²) in [5.41, 5.74) is 4.68. The van der Waals surface area contributed by atoms with Gasteiger partial charge < -0.3 is 16.2 Å². The summed E-state index contributed by atoms with van der Waals surface area (Å²) in [6.07, 6.45) is -0.620. The third kappa shape index (κ3) is 3.36. The van der Waals surface area contributed by atoms with Gasteiger partial charge in [-0.15, -0.1) is 0 Å². The lowest BCUT2D eigenvalue weighted by atomic mass is 9.85. The summed E-state index contributed by atoms with van der Waals surface area (Å²) in [5, 5.41) is 12.4. The van der Waals surface area contributed by atoms with Crippen LogP contribution in [0, 0.1) is 5.92 Å². The zero-order chi connectivity index (χ0) is 14.8. The number of nitrogens with one attached hydrogen (secondary N) is 1. The number of nitrogen functional groups attached to an aromatic ring is 1. The highest BCUT2D eigenvalue weighted by molar-refractivity contribution is 5.58. The maximum Gasteiger partial charge on any atom is 0.418 e. The molecule has 112 valence electrons. The van der Waals surface area contributed by atoms with E-state index >= 15 is 0 Å². The van der Waals surface area contributed by atoms with Crippen LogP contribution in [0.25, 0.3) is 0 Å². The molecule has 1 fully saturated rings. The fourth-order valence-electron chi connectivity index (χ4n) is 2.72. The maximum atomic E-state index is 12.8. The first-order chi connectivity index (χ1) is 9.41. The van der Waals surface area contributed by atoms with Gasteiger partial charge >= 0.3 is 6.18 Å². The van der Waals surface area contributed by atoms with Crippen LogP contribution in [0.3, 0.4) is 0 Å². The Morgan fingerprint density at radius 1 is 1.25 bits per heavy atom. The fourth-order valence-corrected chi connectivity index (χ4v) is 2.72. The van der Waals surface area contributed by atoms with Crippen LogP contribution in [0.2, 0.25) is 0 Å². The summed E-state index contributed by atoms with van der Waals surface area (Å²) in [6, 6.07) is 3.87. The largest absolute Gasteiger partial charge is 0.418 e. The lowest BCUT2D eigenvalue weighted by Gasteiger charge is -2.32. The Labute approximate surface area is 116 Å². The van der Waals surface area contributed by atoms with E-state index in [0.29, 0.717) is 5.69 Å². The molecular formula is C14H19F3N2O. The van der Waals surface area contributed by atoms with Crippen molar-refractivity contribution in [3.8, 4) is 0 Å². The Morgan fingerprint density at radius 3 is 2.60 bits per heavy atom. The van der Waals surface area contributed by atoms with Crippen molar-refractivity contribution in [2.45, 2.75) is 37.9 Å². The first kappa shape index (κ1) is 15.0. The van der Waals surface area contributed by atoms with E-state index in [2.05, 4.69) is 5.32 Å². The van der Waals surface area contributed by atoms with E-state index in [1.807, 2.05) is 0 Å². The molecule has 3 nitrogen and oxygen atoms in total. The highest BCUT2D eigenvalue weighted by atomic mass is 19.4. The molecule has 1 aliphatic rings. The molecule has 0 aromatic heterocycles. The molecule has 1 aliphatic carbocycles. The molecule has 1 aromatic rings. The molecule has 1 aromatic carbocycles. The van der Waals surface area contributed by atoms with E-state index < -0.39 is 11.7 Å². The number of anilines is 2. The van der Waals surface area contributed by atoms with Crippen molar-refractivity contribution >= 4 is 11.4 Å². The summed E-state index contributed by atoms with van der Waals surface area (Å²) in [4.78, 5) is 0. The predicted molar refractivity (Wildman–Crippen MR) is 72.3 cm³/mol. The smallest absolute Gasteiger partial charge is 0.398 e. The number of rotatable bonds is 3. The Bertz CT molecular complexity index is 462. The third-order valence-electron chi connectivity index (χ3n) is 3.85. The van der Waals surface area contributed by atoms with Gasteiger partial charge in [0.15, 0.2) is 0 Å². The quantitative estimate of drug-likeness (QED) is 0.748. The lowest BCUT2D eigenvalue weighted by molar-refractivity contribution is -0.136. The second-order valence-electron chi connectivity index (χ2n) is 5.28. The maximum absolute atomic E-state index is 12.8. The molecule has 0 heterocycles. The lowest BCUT2D eigenvalue weighted by Crippen LogP contribution is -2.34. The van der Waals surface area contributed by atoms with E-state index in [1.165, 1.54) is 6.07 Å². The molecule has 2 rings (SSSR count). The number of hydrogen-bond acceptors (Lipinski definition) is 3. The van der Waals surface area contributed by atoms with Gasteiger partial charge in [-0.3, -0.25) is 0 Å². The average molecular weight is 288 g/mol. The molecular weight excluding hydrogens is 269 g/mol. The van der Waals surface area contributed by atoms with Crippen LogP contribution >= 0.6 is 0 Å². The van der Waals surface area contributed by atoms with Gasteiger partial charge in [0, 0.05) is 29.9 Å². The van der Waals surface area contributed by atoms with Gasteiger partial charge in [0.2, 0.25) is 0 Å². The minimum atomic E-state index is -4.45. The van der Waals surface area contributed by atoms with Gasteiger partial charge in [-0.1, -0.05) is 12.8 Å². The van der Waals surface area contributed by atoms with Crippen LogP contribution in [0.15, 0.2) is 18.2 Å². The molecule has 1 saturated carbocycles. The molecule has 0 spiro atoms. The molecule has 2 unspecified atom stereocenters. The summed E-state index contributed by atoms with van der Waals surface area (Å²) >= 11 is 0. The van der Waals surface area contributed by atoms with Crippen molar-refractivity contribution in [3.05, 3.63) is 23.8 Å². The second-order valence-corrected chi connectivity index (χ2v) is 5.28. The van der Waals surface area contributed by atoms with Crippen molar-refractivity contribution in [2.24, 2.45) is 5.92 Å². The number of benzene rings is 1. The number of aliphatic hydroxyl groups excluding tert-OH is 1. The minimum absolute atomic E-state index is 0.0125. The van der Waals surface area contributed by atoms with Crippen molar-refractivity contribution in [1.29, 1.82) is 0 Å². The van der Waals surface area contributed by atoms with E-state index in [9.17, 15) is 18.3 Å². The number of halogens is 3. The zero-order valence-corrected chi connectivity index (χ0v) is 11.1. The molecule has 0 bridgehead atoms. The molecule has 0 radical (unpaired) electrons. The first-order valence-electron chi connectivity index (χ1n) is 6.76. The summed E-state index contributed by atoms with van der Waals surface area (Å²) in [7, 11) is 0. The van der Waals surface area contributed by atoms with Crippen LogP contribution in [-0.4, -0.2) is 17.8 Å². The normalized spacial score (nSPS) is 23.6. The Balaban J connectivity index is 2.17. The van der Waals surface area contributed by atoms with Crippen LogP contribution < -0.4 is 11.1 Å². The Morgan fingerprint density at radius 2 is 1.95 bits per heavy atom. The molecule has 2 atom stereocenters. The van der Waals surface area contributed by atoms with Crippen LogP contribution in [0.5, 0.6) is 0 Å². The second kappa shape index (κ2) is 5.91. The third-order valence-corrected chi connectivity index (χ3v) is 3.85. The Kier molecular flexibility index (Phi) is 4.42. The van der Waals surface area contributed by atoms with Crippen LogP contribution in [0.1, 0.15) is 31.2 Å². The minimum Gasteiger partial charge on any atom is -0.398 e. The molecule has 0 aliphatic heterocycles. The number of alkyl halides is 3. The van der Waals surface area contributed by atoms with Crippen LogP contribution in [-0.2, 0) is 6.18 Å². The summed E-state index contributed by atoms with van der Waals surface area (Å²) in [6.45, 7) is 0.0543. The van der Waals surface area contributed by atoms with Gasteiger partial charge in [-0.25, -0.2) is 0 Å². The summed E-state index contributed by atoms with van der Waals surface area (Å²) in [5.74, 6) is 0.0932. The van der Waals surface area contributed by atoms with Gasteiger partial charge in [0.05, 0.1) is 5.56 Å². The van der Waals surface area contributed by atoms with Crippen molar-refractivity contribution in [3.63, 3.8) is 0 Å². The number of aliphatic hydroxyl groups is 1. The molecule has 0 amide bonds. The predicted octanol–water partition coefficient (Wildman–Crippen LogP) is 3.25. The molecule has 4 N–H and O–H groups in total. The Hall–Kier alpha value is -1.43. The zero-order valence-electron chi connectivity index (χ0n) is 11.1. The van der Waals surface area contributed by atoms with Crippen molar-refractivity contribution < 1.29 is 18.3 Å². The topological polar surface area (TPSA) is 58.3 Å². The molecule has 20 heavy (non-hydrogen) atoms. The van der Waals surface area contributed by atoms with Crippen LogP contribution in [0.4, 0.5) is 24.5 Å². The van der Waals surface area contributed by atoms with Gasteiger partial charge in [-0.2, -0.15) is 13.2 Å². The van der Waals surface area contributed by atoms with E-state index in [1.54, 1.807) is 6.07 Å². The van der Waals surface area contributed by atoms with Crippen molar-refractivity contribution in [2.75, 3.05) is 17.7 Å². The number of hydrogen-bond donors (Lipinski definition) is 3. The van der Waals surface area contributed by atoms with Crippen molar-refractivity contribution in [1.82, 2.24) is 0 Å². The molecule has 6 heteroatoms. The highest BCUT2D eigenvalue weighted by Gasteiger charge is 2.33. The van der Waals surface area contributed by atoms with E-state index in [4.69, 9.17) is 5.73 Å². The summed E-state index contributed by atoms with van der Waals surface area (Å²) < 4.78 is 38.4. The average Bonchev–Trinajstić information content (AvgIpc) is 2.40. The first-order valence-corrected chi connectivity index (χ1v) is 6.76. The SMILES string of the molecule is Nc1ccc(NC2CCCCC2CO)cc1C(F)(F)F.